The van der Waals surface area contributed by atoms with E-state index in [1.165, 1.54) is 0 Å². The van der Waals surface area contributed by atoms with Crippen molar-refractivity contribution in [2.24, 2.45) is 5.73 Å². The van der Waals surface area contributed by atoms with Crippen molar-refractivity contribution in [3.8, 4) is 0 Å². The van der Waals surface area contributed by atoms with E-state index >= 15 is 0 Å². The van der Waals surface area contributed by atoms with Crippen molar-refractivity contribution < 1.29 is 14.3 Å². The second kappa shape index (κ2) is 4.37. The first kappa shape index (κ1) is 12.1. The minimum Gasteiger partial charge on any atom is -0.458 e. The van der Waals surface area contributed by atoms with E-state index in [1.54, 1.807) is 27.7 Å². The highest BCUT2D eigenvalue weighted by molar-refractivity contribution is 6.02. The number of rotatable bonds is 3. The molecule has 0 rings (SSSR count). The van der Waals surface area contributed by atoms with Crippen molar-refractivity contribution in [3.05, 3.63) is 0 Å². The van der Waals surface area contributed by atoms with Crippen LogP contribution < -0.4 is 5.73 Å². The fourth-order valence-electron chi connectivity index (χ4n) is 0.717. The SMILES string of the molecule is CCC(=O)C(N)C(=O)OC(C)(C)C. The molecule has 0 fully saturated rings. The minimum absolute atomic E-state index is 0.250. The molecule has 0 amide bonds. The van der Waals surface area contributed by atoms with Crippen LogP contribution in [-0.2, 0) is 14.3 Å². The normalized spacial score (nSPS) is 13.6. The highest BCUT2D eigenvalue weighted by Gasteiger charge is 2.26. The molecule has 76 valence electrons. The van der Waals surface area contributed by atoms with Gasteiger partial charge in [-0.15, -0.1) is 0 Å². The first-order chi connectivity index (χ1) is 5.78. The first-order valence-corrected chi connectivity index (χ1v) is 4.29. The number of ether oxygens (including phenoxy) is 1. The topological polar surface area (TPSA) is 69.4 Å². The lowest BCUT2D eigenvalue weighted by atomic mass is 10.1. The molecule has 0 aromatic heterocycles. The molecule has 0 aromatic carbocycles. The van der Waals surface area contributed by atoms with Gasteiger partial charge in [-0.25, -0.2) is 4.79 Å². The summed E-state index contributed by atoms with van der Waals surface area (Å²) in [5.74, 6) is -0.950. The van der Waals surface area contributed by atoms with Crippen LogP contribution in [0, 0.1) is 0 Å². The zero-order valence-electron chi connectivity index (χ0n) is 8.59. The largest absolute Gasteiger partial charge is 0.458 e. The molecule has 1 atom stereocenters. The summed E-state index contributed by atoms with van der Waals surface area (Å²) >= 11 is 0. The summed E-state index contributed by atoms with van der Waals surface area (Å²) in [7, 11) is 0. The molecule has 0 saturated heterocycles. The third-order valence-corrected chi connectivity index (χ3v) is 1.36. The lowest BCUT2D eigenvalue weighted by molar-refractivity contribution is -0.158. The average Bonchev–Trinajstić information content (AvgIpc) is 1.98. The van der Waals surface area contributed by atoms with Crippen molar-refractivity contribution >= 4 is 11.8 Å². The van der Waals surface area contributed by atoms with Crippen LogP contribution >= 0.6 is 0 Å². The maximum absolute atomic E-state index is 11.2. The lowest BCUT2D eigenvalue weighted by Crippen LogP contribution is -2.42. The molecule has 0 aliphatic heterocycles. The molecule has 0 spiro atoms. The van der Waals surface area contributed by atoms with Gasteiger partial charge in [0, 0.05) is 6.42 Å². The van der Waals surface area contributed by atoms with Gasteiger partial charge in [0.05, 0.1) is 0 Å². The van der Waals surface area contributed by atoms with E-state index in [0.717, 1.165) is 0 Å². The number of Topliss-reactive ketones (excluding diaryl/α,β-unsaturated/α-hetero) is 1. The van der Waals surface area contributed by atoms with Gasteiger partial charge in [-0.05, 0) is 20.8 Å². The fraction of sp³-hybridized carbons (Fsp3) is 0.778. The number of hydrogen-bond donors (Lipinski definition) is 1. The van der Waals surface area contributed by atoms with Crippen molar-refractivity contribution in [3.63, 3.8) is 0 Å². The van der Waals surface area contributed by atoms with Crippen molar-refractivity contribution in [1.82, 2.24) is 0 Å². The predicted molar refractivity (Wildman–Crippen MR) is 49.1 cm³/mol. The molecule has 4 heteroatoms. The van der Waals surface area contributed by atoms with E-state index in [9.17, 15) is 9.59 Å². The van der Waals surface area contributed by atoms with Crippen LogP contribution in [0.5, 0.6) is 0 Å². The Kier molecular flexibility index (Phi) is 4.07. The molecule has 1 unspecified atom stereocenters. The van der Waals surface area contributed by atoms with Gasteiger partial charge < -0.3 is 10.5 Å². The Morgan fingerprint density at radius 2 is 1.85 bits per heavy atom. The summed E-state index contributed by atoms with van der Waals surface area (Å²) in [5.41, 5.74) is 4.76. The molecular formula is C9H17NO3. The third kappa shape index (κ3) is 4.62. The highest BCUT2D eigenvalue weighted by Crippen LogP contribution is 2.08. The smallest absolute Gasteiger partial charge is 0.331 e. The monoisotopic (exact) mass is 187 g/mol. The molecule has 0 aromatic rings. The van der Waals surface area contributed by atoms with E-state index in [1.807, 2.05) is 0 Å². The van der Waals surface area contributed by atoms with Crippen LogP contribution in [0.2, 0.25) is 0 Å². The third-order valence-electron chi connectivity index (χ3n) is 1.36. The average molecular weight is 187 g/mol. The zero-order chi connectivity index (χ0) is 10.6. The Morgan fingerprint density at radius 1 is 1.38 bits per heavy atom. The number of esters is 1. The summed E-state index contributed by atoms with van der Waals surface area (Å²) in [4.78, 5) is 22.2. The summed E-state index contributed by atoms with van der Waals surface area (Å²) in [6.45, 7) is 6.85. The molecule has 4 nitrogen and oxygen atoms in total. The van der Waals surface area contributed by atoms with Crippen LogP contribution in [-0.4, -0.2) is 23.4 Å². The van der Waals surface area contributed by atoms with Gasteiger partial charge in [-0.1, -0.05) is 6.92 Å². The summed E-state index contributed by atoms with van der Waals surface area (Å²) in [6, 6.07) is -1.13. The maximum Gasteiger partial charge on any atom is 0.331 e. The Morgan fingerprint density at radius 3 is 2.15 bits per heavy atom. The highest BCUT2D eigenvalue weighted by atomic mass is 16.6. The molecule has 0 aliphatic rings. The maximum atomic E-state index is 11.2. The van der Waals surface area contributed by atoms with Gasteiger partial charge in [0.25, 0.3) is 0 Å². The van der Waals surface area contributed by atoms with Crippen LogP contribution in [0.25, 0.3) is 0 Å². The van der Waals surface area contributed by atoms with Crippen molar-refractivity contribution in [1.29, 1.82) is 0 Å². The molecule has 0 radical (unpaired) electrons. The van der Waals surface area contributed by atoms with Crippen LogP contribution in [0.15, 0.2) is 0 Å². The Bertz CT molecular complexity index is 205. The van der Waals surface area contributed by atoms with Gasteiger partial charge in [0.15, 0.2) is 11.8 Å². The van der Waals surface area contributed by atoms with Crippen molar-refractivity contribution in [2.45, 2.75) is 45.8 Å². The number of nitrogens with two attached hydrogens (primary N) is 1. The van der Waals surface area contributed by atoms with Gasteiger partial charge >= 0.3 is 5.97 Å². The van der Waals surface area contributed by atoms with E-state index < -0.39 is 17.6 Å². The van der Waals surface area contributed by atoms with Crippen molar-refractivity contribution in [2.75, 3.05) is 0 Å². The number of ketones is 1. The molecule has 2 N–H and O–H groups in total. The van der Waals surface area contributed by atoms with E-state index in [-0.39, 0.29) is 12.2 Å². The summed E-state index contributed by atoms with van der Waals surface area (Å²) in [6.07, 6.45) is 0.250. The standard InChI is InChI=1S/C9H17NO3/c1-5-6(11)7(10)8(12)13-9(2,3)4/h7H,5,10H2,1-4H3. The zero-order valence-corrected chi connectivity index (χ0v) is 8.59. The number of carbonyl (C=O) groups is 2. The predicted octanol–water partition coefficient (Wildman–Crippen LogP) is 0.634. The molecule has 13 heavy (non-hydrogen) atoms. The van der Waals surface area contributed by atoms with E-state index in [2.05, 4.69) is 0 Å². The lowest BCUT2D eigenvalue weighted by Gasteiger charge is -2.21. The molecular weight excluding hydrogens is 170 g/mol. The molecule has 0 heterocycles. The Balaban J connectivity index is 4.20. The van der Waals surface area contributed by atoms with Gasteiger partial charge in [-0.2, -0.15) is 0 Å². The van der Waals surface area contributed by atoms with Gasteiger partial charge in [-0.3, -0.25) is 4.79 Å². The summed E-state index contributed by atoms with van der Waals surface area (Å²) in [5, 5.41) is 0. The second-order valence-corrected chi connectivity index (χ2v) is 3.83. The van der Waals surface area contributed by atoms with E-state index in [0.29, 0.717) is 0 Å². The fourth-order valence-corrected chi connectivity index (χ4v) is 0.717. The van der Waals surface area contributed by atoms with Crippen LogP contribution in [0.1, 0.15) is 34.1 Å². The van der Waals surface area contributed by atoms with E-state index in [4.69, 9.17) is 10.5 Å². The Hall–Kier alpha value is -0.900. The summed E-state index contributed by atoms with van der Waals surface area (Å²) < 4.78 is 4.94. The van der Waals surface area contributed by atoms with Gasteiger partial charge in [0.2, 0.25) is 0 Å². The quantitative estimate of drug-likeness (QED) is 0.520. The second-order valence-electron chi connectivity index (χ2n) is 3.83. The number of carbonyl (C=O) groups excluding carboxylic acids is 2. The minimum atomic E-state index is -1.13. The Labute approximate surface area is 78.4 Å². The van der Waals surface area contributed by atoms with Crippen LogP contribution in [0.3, 0.4) is 0 Å². The van der Waals surface area contributed by atoms with Crippen LogP contribution in [0.4, 0.5) is 0 Å². The molecule has 0 saturated carbocycles. The first-order valence-electron chi connectivity index (χ1n) is 4.29. The number of hydrogen-bond acceptors (Lipinski definition) is 4. The molecule has 0 bridgehead atoms. The molecule has 0 aliphatic carbocycles. The van der Waals surface area contributed by atoms with Gasteiger partial charge in [0.1, 0.15) is 5.60 Å².